The molecule has 0 amide bonds. The standard InChI is InChI=1S/C23H26N6.HI/c1-24-23(26-15-12-19-17-27-22-6-3-2-5-21(19)22)25-14-11-18-7-9-20(10-8-18)29-16-4-13-28-29;/h2-10,13,16-17,27H,11-12,14-15H2,1H3,(H2,24,25,26);1H. The molecule has 2 heterocycles. The Labute approximate surface area is 193 Å². The van der Waals surface area contributed by atoms with E-state index in [1.165, 1.54) is 22.0 Å². The van der Waals surface area contributed by atoms with Crippen molar-refractivity contribution in [2.75, 3.05) is 20.1 Å². The number of halogens is 1. The van der Waals surface area contributed by atoms with Crippen molar-refractivity contribution >= 4 is 40.8 Å². The minimum Gasteiger partial charge on any atom is -0.361 e. The first-order valence-electron chi connectivity index (χ1n) is 9.92. The van der Waals surface area contributed by atoms with Crippen LogP contribution in [0.3, 0.4) is 0 Å². The van der Waals surface area contributed by atoms with Crippen LogP contribution in [-0.2, 0) is 12.8 Å². The number of aromatic nitrogens is 3. The topological polar surface area (TPSA) is 70.0 Å². The average Bonchev–Trinajstić information content (AvgIpc) is 3.44. The number of nitrogens with zero attached hydrogens (tertiary/aromatic N) is 3. The predicted molar refractivity (Wildman–Crippen MR) is 134 cm³/mol. The van der Waals surface area contributed by atoms with Crippen LogP contribution < -0.4 is 10.6 Å². The lowest BCUT2D eigenvalue weighted by molar-refractivity contribution is 0.785. The van der Waals surface area contributed by atoms with Gasteiger partial charge in [-0.2, -0.15) is 5.10 Å². The van der Waals surface area contributed by atoms with E-state index in [-0.39, 0.29) is 24.0 Å². The van der Waals surface area contributed by atoms with Gasteiger partial charge in [-0.15, -0.1) is 24.0 Å². The number of aliphatic imine (C=N–C) groups is 1. The summed E-state index contributed by atoms with van der Waals surface area (Å²) in [5.74, 6) is 0.831. The second kappa shape index (κ2) is 10.8. The molecule has 6 nitrogen and oxygen atoms in total. The van der Waals surface area contributed by atoms with Gasteiger partial charge >= 0.3 is 0 Å². The fourth-order valence-corrected chi connectivity index (χ4v) is 3.44. The normalized spacial score (nSPS) is 11.3. The van der Waals surface area contributed by atoms with Crippen molar-refractivity contribution < 1.29 is 0 Å². The number of benzene rings is 2. The van der Waals surface area contributed by atoms with Gasteiger partial charge in [-0.25, -0.2) is 4.68 Å². The number of para-hydroxylation sites is 1. The van der Waals surface area contributed by atoms with E-state index in [0.29, 0.717) is 0 Å². The van der Waals surface area contributed by atoms with Gasteiger partial charge < -0.3 is 15.6 Å². The van der Waals surface area contributed by atoms with E-state index >= 15 is 0 Å². The first kappa shape index (κ1) is 21.9. The molecule has 4 aromatic rings. The number of hydrogen-bond acceptors (Lipinski definition) is 2. The second-order valence-corrected chi connectivity index (χ2v) is 6.90. The molecule has 0 radical (unpaired) electrons. The van der Waals surface area contributed by atoms with Crippen LogP contribution in [-0.4, -0.2) is 40.9 Å². The fraction of sp³-hybridized carbons (Fsp3) is 0.217. The molecular weight excluding hydrogens is 487 g/mol. The zero-order valence-corrected chi connectivity index (χ0v) is 19.3. The number of rotatable bonds is 7. The van der Waals surface area contributed by atoms with Crippen molar-refractivity contribution in [1.82, 2.24) is 25.4 Å². The number of fused-ring (bicyclic) bond motifs is 1. The number of aromatic amines is 1. The molecule has 30 heavy (non-hydrogen) atoms. The van der Waals surface area contributed by atoms with Gasteiger partial charge in [-0.1, -0.05) is 30.3 Å². The van der Waals surface area contributed by atoms with Crippen molar-refractivity contribution in [3.05, 3.63) is 84.3 Å². The van der Waals surface area contributed by atoms with Crippen LogP contribution in [0.25, 0.3) is 16.6 Å². The maximum Gasteiger partial charge on any atom is 0.190 e. The molecule has 0 saturated heterocycles. The summed E-state index contributed by atoms with van der Waals surface area (Å²) in [4.78, 5) is 7.65. The Morgan fingerprint density at radius 3 is 2.50 bits per heavy atom. The largest absolute Gasteiger partial charge is 0.361 e. The molecule has 4 rings (SSSR count). The highest BCUT2D eigenvalue weighted by Crippen LogP contribution is 2.17. The molecule has 0 aliphatic rings. The molecule has 7 heteroatoms. The predicted octanol–water partition coefficient (Wildman–Crippen LogP) is 3.92. The molecule has 2 aromatic carbocycles. The zero-order valence-electron chi connectivity index (χ0n) is 17.0. The Bertz CT molecular complexity index is 1070. The summed E-state index contributed by atoms with van der Waals surface area (Å²) < 4.78 is 1.86. The quantitative estimate of drug-likeness (QED) is 0.199. The monoisotopic (exact) mass is 514 g/mol. The van der Waals surface area contributed by atoms with Crippen LogP contribution in [0.4, 0.5) is 0 Å². The molecule has 0 aliphatic heterocycles. The van der Waals surface area contributed by atoms with Crippen LogP contribution in [0.15, 0.2) is 78.2 Å². The molecule has 0 atom stereocenters. The molecule has 0 fully saturated rings. The highest BCUT2D eigenvalue weighted by Gasteiger charge is 2.04. The molecule has 0 saturated carbocycles. The summed E-state index contributed by atoms with van der Waals surface area (Å²) >= 11 is 0. The van der Waals surface area contributed by atoms with E-state index in [9.17, 15) is 0 Å². The van der Waals surface area contributed by atoms with Gasteiger partial charge in [0, 0.05) is 49.6 Å². The van der Waals surface area contributed by atoms with Gasteiger partial charge in [0.25, 0.3) is 0 Å². The molecule has 0 aliphatic carbocycles. The smallest absolute Gasteiger partial charge is 0.190 e. The van der Waals surface area contributed by atoms with Crippen LogP contribution in [0.2, 0.25) is 0 Å². The average molecular weight is 514 g/mol. The van der Waals surface area contributed by atoms with E-state index in [1.54, 1.807) is 13.2 Å². The minimum absolute atomic E-state index is 0. The molecule has 0 spiro atoms. The van der Waals surface area contributed by atoms with E-state index < -0.39 is 0 Å². The van der Waals surface area contributed by atoms with Crippen LogP contribution in [0.1, 0.15) is 11.1 Å². The van der Waals surface area contributed by atoms with Gasteiger partial charge in [-0.3, -0.25) is 4.99 Å². The molecule has 2 aromatic heterocycles. The van der Waals surface area contributed by atoms with Gasteiger partial charge in [-0.05, 0) is 48.2 Å². The Hall–Kier alpha value is -2.81. The summed E-state index contributed by atoms with van der Waals surface area (Å²) in [5.41, 5.74) is 4.86. The number of hydrogen-bond donors (Lipinski definition) is 3. The van der Waals surface area contributed by atoms with Gasteiger partial charge in [0.05, 0.1) is 5.69 Å². The highest BCUT2D eigenvalue weighted by atomic mass is 127. The maximum atomic E-state index is 4.32. The third-order valence-electron chi connectivity index (χ3n) is 5.00. The molecule has 0 bridgehead atoms. The number of nitrogens with one attached hydrogen (secondary N) is 3. The van der Waals surface area contributed by atoms with E-state index in [1.807, 2.05) is 16.9 Å². The summed E-state index contributed by atoms with van der Waals surface area (Å²) in [6.07, 6.45) is 7.70. The fourth-order valence-electron chi connectivity index (χ4n) is 3.44. The van der Waals surface area contributed by atoms with Crippen molar-refractivity contribution in [1.29, 1.82) is 0 Å². The van der Waals surface area contributed by atoms with Gasteiger partial charge in [0.1, 0.15) is 0 Å². The van der Waals surface area contributed by atoms with Crippen molar-refractivity contribution in [3.63, 3.8) is 0 Å². The first-order chi connectivity index (χ1) is 14.3. The van der Waals surface area contributed by atoms with Gasteiger partial charge in [0.15, 0.2) is 5.96 Å². The molecule has 3 N–H and O–H groups in total. The van der Waals surface area contributed by atoms with Crippen molar-refractivity contribution in [2.24, 2.45) is 4.99 Å². The Morgan fingerprint density at radius 2 is 1.77 bits per heavy atom. The van der Waals surface area contributed by atoms with E-state index in [0.717, 1.165) is 37.6 Å². The minimum atomic E-state index is 0. The van der Waals surface area contributed by atoms with Crippen molar-refractivity contribution in [2.45, 2.75) is 12.8 Å². The molecular formula is C23H27IN6. The SMILES string of the molecule is CN=C(NCCc1ccc(-n2cccn2)cc1)NCCc1c[nH]c2ccccc12.I. The second-order valence-electron chi connectivity index (χ2n) is 6.90. The summed E-state index contributed by atoms with van der Waals surface area (Å²) in [6.45, 7) is 1.66. The van der Waals surface area contributed by atoms with E-state index in [4.69, 9.17) is 0 Å². The van der Waals surface area contributed by atoms with Crippen LogP contribution >= 0.6 is 24.0 Å². The highest BCUT2D eigenvalue weighted by molar-refractivity contribution is 14.0. The summed E-state index contributed by atoms with van der Waals surface area (Å²) in [5, 5.41) is 12.3. The lowest BCUT2D eigenvalue weighted by Crippen LogP contribution is -2.39. The Morgan fingerprint density at radius 1 is 1.00 bits per heavy atom. The van der Waals surface area contributed by atoms with E-state index in [2.05, 4.69) is 80.4 Å². The molecule has 156 valence electrons. The molecule has 0 unspecified atom stereocenters. The summed E-state index contributed by atoms with van der Waals surface area (Å²) in [7, 11) is 1.81. The maximum absolute atomic E-state index is 4.32. The Kier molecular flexibility index (Phi) is 7.89. The number of H-pyrrole nitrogens is 1. The Balaban J connectivity index is 0.00000256. The van der Waals surface area contributed by atoms with Gasteiger partial charge in [0.2, 0.25) is 0 Å². The zero-order chi connectivity index (χ0) is 19.9. The van der Waals surface area contributed by atoms with Crippen LogP contribution in [0.5, 0.6) is 0 Å². The van der Waals surface area contributed by atoms with Crippen molar-refractivity contribution in [3.8, 4) is 5.69 Å². The first-order valence-corrected chi connectivity index (χ1v) is 9.92. The third-order valence-corrected chi connectivity index (χ3v) is 5.00. The number of guanidine groups is 1. The third kappa shape index (κ3) is 5.41. The lowest BCUT2D eigenvalue weighted by Gasteiger charge is -2.12. The van der Waals surface area contributed by atoms with Crippen LogP contribution in [0, 0.1) is 0 Å². The summed E-state index contributed by atoms with van der Waals surface area (Å²) in [6, 6.07) is 18.8. The lowest BCUT2D eigenvalue weighted by atomic mass is 10.1.